The third-order valence-electron chi connectivity index (χ3n) is 3.52. The second-order valence-electron chi connectivity index (χ2n) is 5.03. The molecule has 0 bridgehead atoms. The van der Waals surface area contributed by atoms with Gasteiger partial charge in [-0.05, 0) is 17.7 Å². The number of nitrogens with two attached hydrogens (primary N) is 1. The summed E-state index contributed by atoms with van der Waals surface area (Å²) in [6.45, 7) is 0. The number of carbonyl (C=O) groups excluding carboxylic acids is 2. The number of thioether (sulfide) groups is 1. The molecule has 0 saturated heterocycles. The Morgan fingerprint density at radius 1 is 1.42 bits per heavy atom. The van der Waals surface area contributed by atoms with Gasteiger partial charge < -0.3 is 20.5 Å². The summed E-state index contributed by atoms with van der Waals surface area (Å²) in [6, 6.07) is 7.40. The molecule has 8 heteroatoms. The van der Waals surface area contributed by atoms with E-state index in [-0.39, 0.29) is 18.1 Å². The number of nitrogens with one attached hydrogen (secondary N) is 1. The van der Waals surface area contributed by atoms with Gasteiger partial charge in [0.1, 0.15) is 0 Å². The molecule has 1 aliphatic rings. The van der Waals surface area contributed by atoms with Crippen molar-refractivity contribution in [3.05, 3.63) is 34.4 Å². The van der Waals surface area contributed by atoms with Crippen molar-refractivity contribution in [3.63, 3.8) is 0 Å². The Labute approximate surface area is 143 Å². The summed E-state index contributed by atoms with van der Waals surface area (Å²) in [7, 11) is 3.05. The molecular weight excluding hydrogens is 330 g/mol. The molecule has 24 heavy (non-hydrogen) atoms. The minimum absolute atomic E-state index is 0.0144. The van der Waals surface area contributed by atoms with Crippen LogP contribution in [0, 0.1) is 11.3 Å². The van der Waals surface area contributed by atoms with Gasteiger partial charge in [-0.25, -0.2) is 0 Å². The van der Waals surface area contributed by atoms with Crippen LogP contribution >= 0.6 is 11.8 Å². The zero-order valence-corrected chi connectivity index (χ0v) is 14.1. The van der Waals surface area contributed by atoms with Crippen molar-refractivity contribution in [1.29, 1.82) is 5.26 Å². The molecule has 1 heterocycles. The molecule has 0 saturated carbocycles. The van der Waals surface area contributed by atoms with Crippen molar-refractivity contribution in [2.75, 3.05) is 20.0 Å². The molecule has 2 rings (SSSR count). The molecule has 0 aromatic heterocycles. The first-order valence-electron chi connectivity index (χ1n) is 7.07. The standard InChI is InChI=1S/C16H17N3O4S/c1-22-12-4-3-9(5-13(12)23-2)10-6-15(21)19-16(11(10)7-17)24-8-14(18)20/h3-5,10H,6,8H2,1-2H3,(H2,18,20)(H,19,21)/t10-/m0/s1. The highest BCUT2D eigenvalue weighted by atomic mass is 32.2. The van der Waals surface area contributed by atoms with Crippen LogP contribution < -0.4 is 20.5 Å². The molecule has 1 aliphatic heterocycles. The molecule has 3 N–H and O–H groups in total. The van der Waals surface area contributed by atoms with E-state index in [1.807, 2.05) is 0 Å². The predicted molar refractivity (Wildman–Crippen MR) is 89.3 cm³/mol. The highest BCUT2D eigenvalue weighted by Crippen LogP contribution is 2.39. The van der Waals surface area contributed by atoms with Crippen molar-refractivity contribution in [2.45, 2.75) is 12.3 Å². The highest BCUT2D eigenvalue weighted by molar-refractivity contribution is 8.03. The summed E-state index contributed by atoms with van der Waals surface area (Å²) in [5.41, 5.74) is 6.30. The highest BCUT2D eigenvalue weighted by Gasteiger charge is 2.30. The van der Waals surface area contributed by atoms with E-state index in [9.17, 15) is 14.9 Å². The first-order valence-corrected chi connectivity index (χ1v) is 8.05. The lowest BCUT2D eigenvalue weighted by molar-refractivity contribution is -0.121. The lowest BCUT2D eigenvalue weighted by Crippen LogP contribution is -2.31. The molecule has 0 aliphatic carbocycles. The zero-order chi connectivity index (χ0) is 17.7. The van der Waals surface area contributed by atoms with E-state index in [0.29, 0.717) is 22.1 Å². The van der Waals surface area contributed by atoms with Crippen LogP contribution in [-0.2, 0) is 9.59 Å². The number of amides is 2. The number of allylic oxidation sites excluding steroid dienone is 1. The van der Waals surface area contributed by atoms with E-state index in [1.165, 1.54) is 14.2 Å². The second kappa shape index (κ2) is 7.75. The smallest absolute Gasteiger partial charge is 0.227 e. The van der Waals surface area contributed by atoms with Gasteiger partial charge >= 0.3 is 0 Å². The van der Waals surface area contributed by atoms with Gasteiger partial charge in [0, 0.05) is 12.3 Å². The molecule has 126 valence electrons. The number of nitriles is 1. The number of rotatable bonds is 6. The number of carbonyl (C=O) groups is 2. The molecule has 1 aromatic rings. The summed E-state index contributed by atoms with van der Waals surface area (Å²) in [6.07, 6.45) is 0.138. The summed E-state index contributed by atoms with van der Waals surface area (Å²) in [5, 5.41) is 12.5. The van der Waals surface area contributed by atoms with Crippen molar-refractivity contribution in [2.24, 2.45) is 5.73 Å². The number of benzene rings is 1. The lowest BCUT2D eigenvalue weighted by Gasteiger charge is -2.25. The fourth-order valence-electron chi connectivity index (χ4n) is 2.43. The van der Waals surface area contributed by atoms with Crippen molar-refractivity contribution in [3.8, 4) is 17.6 Å². The van der Waals surface area contributed by atoms with Gasteiger partial charge in [0.15, 0.2) is 11.5 Å². The van der Waals surface area contributed by atoms with E-state index in [4.69, 9.17) is 15.2 Å². The van der Waals surface area contributed by atoms with Crippen LogP contribution in [0.15, 0.2) is 28.8 Å². The van der Waals surface area contributed by atoms with Crippen LogP contribution in [0.25, 0.3) is 0 Å². The average molecular weight is 347 g/mol. The van der Waals surface area contributed by atoms with Gasteiger partial charge in [-0.3, -0.25) is 9.59 Å². The number of methoxy groups -OCH3 is 2. The Hall–Kier alpha value is -2.66. The van der Waals surface area contributed by atoms with Gasteiger partial charge in [-0.15, -0.1) is 0 Å². The topological polar surface area (TPSA) is 114 Å². The predicted octanol–water partition coefficient (Wildman–Crippen LogP) is 1.26. The molecule has 7 nitrogen and oxygen atoms in total. The molecular formula is C16H17N3O4S. The number of hydrogen-bond acceptors (Lipinski definition) is 6. The Morgan fingerprint density at radius 2 is 2.12 bits per heavy atom. The minimum atomic E-state index is -0.521. The van der Waals surface area contributed by atoms with E-state index < -0.39 is 11.8 Å². The van der Waals surface area contributed by atoms with E-state index in [0.717, 1.165) is 17.3 Å². The molecule has 0 radical (unpaired) electrons. The third kappa shape index (κ3) is 3.81. The summed E-state index contributed by atoms with van der Waals surface area (Å²) < 4.78 is 10.5. The van der Waals surface area contributed by atoms with Crippen LogP contribution in [-0.4, -0.2) is 31.8 Å². The number of nitrogens with zero attached hydrogens (tertiary/aromatic N) is 1. The fourth-order valence-corrected chi connectivity index (χ4v) is 3.25. The Kier molecular flexibility index (Phi) is 5.71. The SMILES string of the molecule is COc1ccc([C@@H]2CC(=O)NC(SCC(N)=O)=C2C#N)cc1OC. The first-order chi connectivity index (χ1) is 11.5. The molecule has 1 atom stereocenters. The van der Waals surface area contributed by atoms with Crippen LogP contribution in [0.4, 0.5) is 0 Å². The molecule has 0 unspecified atom stereocenters. The monoisotopic (exact) mass is 347 g/mol. The quantitative estimate of drug-likeness (QED) is 0.801. The number of ether oxygens (including phenoxy) is 2. The van der Waals surface area contributed by atoms with E-state index >= 15 is 0 Å². The maximum Gasteiger partial charge on any atom is 0.227 e. The van der Waals surface area contributed by atoms with Crippen LogP contribution in [0.5, 0.6) is 11.5 Å². The average Bonchev–Trinajstić information content (AvgIpc) is 2.58. The zero-order valence-electron chi connectivity index (χ0n) is 13.3. The Morgan fingerprint density at radius 3 is 2.71 bits per heavy atom. The number of hydrogen-bond donors (Lipinski definition) is 2. The molecule has 2 amide bonds. The number of primary amides is 1. The normalized spacial score (nSPS) is 17.0. The lowest BCUT2D eigenvalue weighted by atomic mass is 9.87. The van der Waals surface area contributed by atoms with E-state index in [1.54, 1.807) is 18.2 Å². The maximum absolute atomic E-state index is 12.0. The maximum atomic E-state index is 12.0. The second-order valence-corrected chi connectivity index (χ2v) is 6.01. The fraction of sp³-hybridized carbons (Fsp3) is 0.312. The van der Waals surface area contributed by atoms with Crippen LogP contribution in [0.1, 0.15) is 17.9 Å². The van der Waals surface area contributed by atoms with Crippen molar-refractivity contribution in [1.82, 2.24) is 5.32 Å². The Bertz CT molecular complexity index is 739. The minimum Gasteiger partial charge on any atom is -0.493 e. The summed E-state index contributed by atoms with van der Waals surface area (Å²) in [4.78, 5) is 23.0. The van der Waals surface area contributed by atoms with Gasteiger partial charge in [0.25, 0.3) is 0 Å². The van der Waals surface area contributed by atoms with Gasteiger partial charge in [0.05, 0.1) is 36.6 Å². The molecule has 1 aromatic carbocycles. The summed E-state index contributed by atoms with van der Waals surface area (Å²) in [5.74, 6) is -0.0942. The third-order valence-corrected chi connectivity index (χ3v) is 4.56. The van der Waals surface area contributed by atoms with Crippen molar-refractivity contribution < 1.29 is 19.1 Å². The van der Waals surface area contributed by atoms with Gasteiger partial charge in [-0.1, -0.05) is 17.8 Å². The first kappa shape index (κ1) is 17.7. The summed E-state index contributed by atoms with van der Waals surface area (Å²) >= 11 is 1.05. The van der Waals surface area contributed by atoms with Crippen LogP contribution in [0.2, 0.25) is 0 Å². The van der Waals surface area contributed by atoms with Gasteiger partial charge in [-0.2, -0.15) is 5.26 Å². The molecule has 0 spiro atoms. The van der Waals surface area contributed by atoms with E-state index in [2.05, 4.69) is 11.4 Å². The van der Waals surface area contributed by atoms with Crippen LogP contribution in [0.3, 0.4) is 0 Å². The molecule has 0 fully saturated rings. The van der Waals surface area contributed by atoms with Crippen molar-refractivity contribution >= 4 is 23.6 Å². The van der Waals surface area contributed by atoms with Gasteiger partial charge in [0.2, 0.25) is 11.8 Å². The largest absolute Gasteiger partial charge is 0.493 e. The Balaban J connectivity index is 2.43.